The first-order valence-electron chi connectivity index (χ1n) is 7.47. The van der Waals surface area contributed by atoms with Crippen molar-refractivity contribution in [3.63, 3.8) is 0 Å². The molecule has 6 heteroatoms. The highest BCUT2D eigenvalue weighted by Gasteiger charge is 2.16. The van der Waals surface area contributed by atoms with Gasteiger partial charge < -0.3 is 15.1 Å². The summed E-state index contributed by atoms with van der Waals surface area (Å²) in [4.78, 5) is 17.3. The van der Waals surface area contributed by atoms with Crippen LogP contribution < -0.4 is 5.32 Å². The molecule has 4 nitrogen and oxygen atoms in total. The summed E-state index contributed by atoms with van der Waals surface area (Å²) in [6, 6.07) is 7.95. The van der Waals surface area contributed by atoms with Crippen LogP contribution in [0.5, 0.6) is 0 Å². The number of nitrogens with zero attached hydrogens (tertiary/aromatic N) is 2. The Hall–Kier alpha value is -0.910. The van der Waals surface area contributed by atoms with Gasteiger partial charge in [-0.3, -0.25) is 0 Å². The van der Waals surface area contributed by atoms with Gasteiger partial charge in [-0.1, -0.05) is 11.6 Å². The number of nitrogens with one attached hydrogen (secondary N) is 1. The van der Waals surface area contributed by atoms with E-state index in [2.05, 4.69) is 10.2 Å². The standard InChI is InChI=1S/C16H26ClN3OS/c1-13(2)20(11-10-19(3)4)16(21)18-9-12-22-15-7-5-14(17)6-8-15/h5-8,13H,9-12H2,1-4H3,(H,18,21). The number of carbonyl (C=O) groups is 1. The summed E-state index contributed by atoms with van der Waals surface area (Å²) in [5, 5.41) is 3.73. The Kier molecular flexibility index (Phi) is 8.68. The minimum absolute atomic E-state index is 0.00792. The monoisotopic (exact) mass is 343 g/mol. The molecule has 0 aromatic heterocycles. The van der Waals surface area contributed by atoms with Crippen molar-refractivity contribution in [3.8, 4) is 0 Å². The Labute approximate surface area is 143 Å². The average Bonchev–Trinajstić information content (AvgIpc) is 2.45. The van der Waals surface area contributed by atoms with Crippen LogP contribution in [0.15, 0.2) is 29.2 Å². The van der Waals surface area contributed by atoms with Crippen molar-refractivity contribution in [2.24, 2.45) is 0 Å². The molecule has 2 amide bonds. The normalized spacial score (nSPS) is 11.0. The summed E-state index contributed by atoms with van der Waals surface area (Å²) in [5.74, 6) is 0.840. The SMILES string of the molecule is CC(C)N(CCN(C)C)C(=O)NCCSc1ccc(Cl)cc1. The zero-order valence-electron chi connectivity index (χ0n) is 13.8. The molecular formula is C16H26ClN3OS. The number of halogens is 1. The van der Waals surface area contributed by atoms with Gasteiger partial charge in [0.15, 0.2) is 0 Å². The van der Waals surface area contributed by atoms with Crippen LogP contribution in [0.2, 0.25) is 5.02 Å². The first-order valence-corrected chi connectivity index (χ1v) is 8.84. The van der Waals surface area contributed by atoms with E-state index in [0.29, 0.717) is 6.54 Å². The number of benzene rings is 1. The van der Waals surface area contributed by atoms with Crippen LogP contribution in [0.3, 0.4) is 0 Å². The van der Waals surface area contributed by atoms with Crippen molar-refractivity contribution in [2.75, 3.05) is 39.5 Å². The van der Waals surface area contributed by atoms with E-state index in [9.17, 15) is 4.79 Å². The highest BCUT2D eigenvalue weighted by Crippen LogP contribution is 2.19. The summed E-state index contributed by atoms with van der Waals surface area (Å²) in [7, 11) is 4.03. The van der Waals surface area contributed by atoms with Crippen LogP contribution >= 0.6 is 23.4 Å². The van der Waals surface area contributed by atoms with E-state index < -0.39 is 0 Å². The minimum Gasteiger partial charge on any atom is -0.337 e. The van der Waals surface area contributed by atoms with Gasteiger partial charge in [0.25, 0.3) is 0 Å². The molecule has 1 aromatic rings. The van der Waals surface area contributed by atoms with Crippen LogP contribution in [0.25, 0.3) is 0 Å². The van der Waals surface area contributed by atoms with E-state index in [1.54, 1.807) is 11.8 Å². The quantitative estimate of drug-likeness (QED) is 0.580. The molecule has 0 aliphatic rings. The van der Waals surface area contributed by atoms with E-state index in [1.807, 2.05) is 57.1 Å². The topological polar surface area (TPSA) is 35.6 Å². The molecule has 0 aliphatic carbocycles. The zero-order valence-corrected chi connectivity index (χ0v) is 15.4. The molecule has 124 valence electrons. The first kappa shape index (κ1) is 19.1. The van der Waals surface area contributed by atoms with E-state index in [0.717, 1.165) is 28.8 Å². The summed E-state index contributed by atoms with van der Waals surface area (Å²) in [5.41, 5.74) is 0. The molecule has 1 rings (SSSR count). The zero-order chi connectivity index (χ0) is 16.5. The van der Waals surface area contributed by atoms with E-state index in [4.69, 9.17) is 11.6 Å². The lowest BCUT2D eigenvalue weighted by Crippen LogP contribution is -2.47. The molecule has 1 aromatic carbocycles. The number of rotatable bonds is 8. The highest BCUT2D eigenvalue weighted by atomic mass is 35.5. The third-order valence-corrected chi connectivity index (χ3v) is 4.40. The molecule has 0 saturated carbocycles. The van der Waals surface area contributed by atoms with E-state index in [1.165, 1.54) is 0 Å². The van der Waals surface area contributed by atoms with Crippen LogP contribution in [0, 0.1) is 0 Å². The van der Waals surface area contributed by atoms with Gasteiger partial charge in [-0.15, -0.1) is 11.8 Å². The smallest absolute Gasteiger partial charge is 0.317 e. The molecule has 0 spiro atoms. The second kappa shape index (κ2) is 9.98. The van der Waals surface area contributed by atoms with E-state index >= 15 is 0 Å². The number of hydrogen-bond acceptors (Lipinski definition) is 3. The molecule has 0 saturated heterocycles. The van der Waals surface area contributed by atoms with Gasteiger partial charge in [0.05, 0.1) is 0 Å². The molecule has 0 fully saturated rings. The van der Waals surface area contributed by atoms with E-state index in [-0.39, 0.29) is 12.1 Å². The van der Waals surface area contributed by atoms with Crippen LogP contribution in [-0.2, 0) is 0 Å². The lowest BCUT2D eigenvalue weighted by Gasteiger charge is -2.28. The fourth-order valence-electron chi connectivity index (χ4n) is 1.86. The Morgan fingerprint density at radius 2 is 1.86 bits per heavy atom. The van der Waals surface area contributed by atoms with Crippen molar-refractivity contribution < 1.29 is 4.79 Å². The van der Waals surface area contributed by atoms with Crippen LogP contribution in [0.1, 0.15) is 13.8 Å². The molecule has 0 aliphatic heterocycles. The molecule has 1 N–H and O–H groups in total. The summed E-state index contributed by atoms with van der Waals surface area (Å²) in [6.45, 7) is 6.33. The molecule has 0 radical (unpaired) electrons. The van der Waals surface area contributed by atoms with Gasteiger partial charge in [0.2, 0.25) is 0 Å². The lowest BCUT2D eigenvalue weighted by molar-refractivity contribution is 0.177. The second-order valence-corrected chi connectivity index (χ2v) is 7.23. The van der Waals surface area contributed by atoms with Gasteiger partial charge in [0.1, 0.15) is 0 Å². The number of carbonyl (C=O) groups excluding carboxylic acids is 1. The van der Waals surface area contributed by atoms with Gasteiger partial charge in [-0.05, 0) is 52.2 Å². The molecule has 0 atom stereocenters. The minimum atomic E-state index is 0.00792. The third-order valence-electron chi connectivity index (χ3n) is 3.13. The van der Waals surface area contributed by atoms with Crippen molar-refractivity contribution in [3.05, 3.63) is 29.3 Å². The lowest BCUT2D eigenvalue weighted by atomic mass is 10.3. The van der Waals surface area contributed by atoms with Gasteiger partial charge in [-0.25, -0.2) is 4.79 Å². The number of likely N-dealkylation sites (N-methyl/N-ethyl adjacent to an activating group) is 1. The van der Waals surface area contributed by atoms with Crippen molar-refractivity contribution in [2.45, 2.75) is 24.8 Å². The summed E-state index contributed by atoms with van der Waals surface area (Å²) >= 11 is 7.57. The van der Waals surface area contributed by atoms with Gasteiger partial charge >= 0.3 is 6.03 Å². The molecule has 0 unspecified atom stereocenters. The van der Waals surface area contributed by atoms with Crippen molar-refractivity contribution in [1.29, 1.82) is 0 Å². The second-order valence-electron chi connectivity index (χ2n) is 5.62. The maximum Gasteiger partial charge on any atom is 0.317 e. The Morgan fingerprint density at radius 1 is 1.23 bits per heavy atom. The Bertz CT molecular complexity index is 451. The number of hydrogen-bond donors (Lipinski definition) is 1. The van der Waals surface area contributed by atoms with Crippen molar-refractivity contribution in [1.82, 2.24) is 15.1 Å². The molecule has 22 heavy (non-hydrogen) atoms. The van der Waals surface area contributed by atoms with Crippen LogP contribution in [-0.4, -0.2) is 61.4 Å². The van der Waals surface area contributed by atoms with Crippen LogP contribution in [0.4, 0.5) is 4.79 Å². The fraction of sp³-hybridized carbons (Fsp3) is 0.562. The van der Waals surface area contributed by atoms with Gasteiger partial charge in [-0.2, -0.15) is 0 Å². The average molecular weight is 344 g/mol. The summed E-state index contributed by atoms with van der Waals surface area (Å²) in [6.07, 6.45) is 0. The largest absolute Gasteiger partial charge is 0.337 e. The molecular weight excluding hydrogens is 318 g/mol. The first-order chi connectivity index (χ1) is 10.4. The number of urea groups is 1. The number of amides is 2. The molecule has 0 bridgehead atoms. The summed E-state index contributed by atoms with van der Waals surface area (Å²) < 4.78 is 0. The predicted molar refractivity (Wildman–Crippen MR) is 96.0 cm³/mol. The van der Waals surface area contributed by atoms with Gasteiger partial charge in [0, 0.05) is 41.3 Å². The maximum absolute atomic E-state index is 12.2. The Morgan fingerprint density at radius 3 is 2.41 bits per heavy atom. The predicted octanol–water partition coefficient (Wildman–Crippen LogP) is 3.41. The molecule has 0 heterocycles. The third kappa shape index (κ3) is 7.38. The fourth-order valence-corrected chi connectivity index (χ4v) is 2.76. The van der Waals surface area contributed by atoms with Crippen molar-refractivity contribution >= 4 is 29.4 Å². The highest BCUT2D eigenvalue weighted by molar-refractivity contribution is 7.99. The number of thioether (sulfide) groups is 1. The Balaban J connectivity index is 2.32. The maximum atomic E-state index is 12.2.